The third-order valence-corrected chi connectivity index (χ3v) is 6.49. The molecular formula is C15H17NO5S3. The van der Waals surface area contributed by atoms with E-state index < -0.39 is 22.1 Å². The number of esters is 1. The Morgan fingerprint density at radius 2 is 2.00 bits per heavy atom. The normalized spacial score (nSPS) is 12.8. The standard InChI is InChI=1S/C15H17NO5S3/c1-21-15(18)14-13(7-8-23-14)24(19,20)16-9-12(17)10-3-5-11(22-2)6-4-10/h3-8,12,16-17H,9H2,1-2H3. The van der Waals surface area contributed by atoms with Crippen LogP contribution in [0.15, 0.2) is 45.5 Å². The van der Waals surface area contributed by atoms with Crippen LogP contribution in [0.1, 0.15) is 21.3 Å². The highest BCUT2D eigenvalue weighted by atomic mass is 32.2. The smallest absolute Gasteiger partial charge is 0.349 e. The van der Waals surface area contributed by atoms with Crippen LogP contribution in [-0.2, 0) is 14.8 Å². The van der Waals surface area contributed by atoms with Crippen molar-refractivity contribution in [3.63, 3.8) is 0 Å². The van der Waals surface area contributed by atoms with Gasteiger partial charge in [0.15, 0.2) is 0 Å². The quantitative estimate of drug-likeness (QED) is 0.559. The molecule has 2 rings (SSSR count). The molecule has 24 heavy (non-hydrogen) atoms. The van der Waals surface area contributed by atoms with Crippen LogP contribution >= 0.6 is 23.1 Å². The molecule has 1 atom stereocenters. The third kappa shape index (κ3) is 4.37. The molecule has 1 unspecified atom stereocenters. The van der Waals surface area contributed by atoms with Crippen molar-refractivity contribution in [2.24, 2.45) is 0 Å². The number of rotatable bonds is 7. The van der Waals surface area contributed by atoms with Gasteiger partial charge in [0.05, 0.1) is 13.2 Å². The van der Waals surface area contributed by atoms with Gasteiger partial charge in [0.25, 0.3) is 0 Å². The molecule has 0 aliphatic rings. The molecule has 0 radical (unpaired) electrons. The van der Waals surface area contributed by atoms with Gasteiger partial charge in [0, 0.05) is 11.4 Å². The number of nitrogens with one attached hydrogen (secondary N) is 1. The second-order valence-electron chi connectivity index (χ2n) is 4.75. The van der Waals surface area contributed by atoms with E-state index in [1.54, 1.807) is 23.9 Å². The Kier molecular flexibility index (Phi) is 6.41. The highest BCUT2D eigenvalue weighted by molar-refractivity contribution is 7.98. The number of benzene rings is 1. The molecule has 0 bridgehead atoms. The van der Waals surface area contributed by atoms with Gasteiger partial charge in [-0.3, -0.25) is 0 Å². The van der Waals surface area contributed by atoms with Crippen LogP contribution in [0.5, 0.6) is 0 Å². The number of aliphatic hydroxyl groups is 1. The summed E-state index contributed by atoms with van der Waals surface area (Å²) in [4.78, 5) is 12.5. The SMILES string of the molecule is COC(=O)c1sccc1S(=O)(=O)NCC(O)c1ccc(SC)cc1. The molecule has 0 aliphatic carbocycles. The molecule has 2 N–H and O–H groups in total. The number of hydrogen-bond acceptors (Lipinski definition) is 7. The van der Waals surface area contributed by atoms with Crippen LogP contribution in [-0.4, -0.2) is 39.4 Å². The van der Waals surface area contributed by atoms with Gasteiger partial charge in [-0.2, -0.15) is 0 Å². The Bertz CT molecular complexity index is 799. The fraction of sp³-hybridized carbons (Fsp3) is 0.267. The molecule has 6 nitrogen and oxygen atoms in total. The van der Waals surface area contributed by atoms with Gasteiger partial charge in [-0.25, -0.2) is 17.9 Å². The summed E-state index contributed by atoms with van der Waals surface area (Å²) in [5.41, 5.74) is 0.606. The van der Waals surface area contributed by atoms with E-state index in [1.165, 1.54) is 18.6 Å². The Morgan fingerprint density at radius 1 is 1.33 bits per heavy atom. The number of ether oxygens (including phenoxy) is 1. The lowest BCUT2D eigenvalue weighted by Gasteiger charge is -2.13. The average Bonchev–Trinajstić information content (AvgIpc) is 3.10. The van der Waals surface area contributed by atoms with Crippen molar-refractivity contribution >= 4 is 39.1 Å². The van der Waals surface area contributed by atoms with Crippen molar-refractivity contribution in [1.29, 1.82) is 0 Å². The molecule has 0 spiro atoms. The lowest BCUT2D eigenvalue weighted by Crippen LogP contribution is -2.29. The maximum atomic E-state index is 12.3. The number of aliphatic hydroxyl groups excluding tert-OH is 1. The van der Waals surface area contributed by atoms with Crippen LogP contribution in [0.25, 0.3) is 0 Å². The Labute approximate surface area is 148 Å². The second-order valence-corrected chi connectivity index (χ2v) is 8.28. The second kappa shape index (κ2) is 8.13. The third-order valence-electron chi connectivity index (χ3n) is 3.26. The van der Waals surface area contributed by atoms with Crippen molar-refractivity contribution in [3.05, 3.63) is 46.2 Å². The first kappa shape index (κ1) is 18.9. The zero-order valence-corrected chi connectivity index (χ0v) is 15.5. The van der Waals surface area contributed by atoms with Crippen LogP contribution < -0.4 is 4.72 Å². The van der Waals surface area contributed by atoms with E-state index in [4.69, 9.17) is 0 Å². The lowest BCUT2D eigenvalue weighted by atomic mass is 10.1. The number of sulfonamides is 1. The average molecular weight is 388 g/mol. The summed E-state index contributed by atoms with van der Waals surface area (Å²) in [6.45, 7) is -0.197. The van der Waals surface area contributed by atoms with Crippen molar-refractivity contribution in [2.75, 3.05) is 19.9 Å². The van der Waals surface area contributed by atoms with E-state index in [1.807, 2.05) is 18.4 Å². The molecule has 0 fully saturated rings. The fourth-order valence-electron chi connectivity index (χ4n) is 1.96. The first-order chi connectivity index (χ1) is 11.4. The van der Waals surface area contributed by atoms with E-state index in [9.17, 15) is 18.3 Å². The van der Waals surface area contributed by atoms with Crippen LogP contribution in [0, 0.1) is 0 Å². The summed E-state index contributed by atoms with van der Waals surface area (Å²) in [5, 5.41) is 11.6. The van der Waals surface area contributed by atoms with Crippen LogP contribution in [0.3, 0.4) is 0 Å². The van der Waals surface area contributed by atoms with Crippen LogP contribution in [0.2, 0.25) is 0 Å². The van der Waals surface area contributed by atoms with E-state index in [0.29, 0.717) is 5.56 Å². The highest BCUT2D eigenvalue weighted by Crippen LogP contribution is 2.23. The molecular weight excluding hydrogens is 370 g/mol. The van der Waals surface area contributed by atoms with E-state index in [0.717, 1.165) is 16.2 Å². The van der Waals surface area contributed by atoms with Gasteiger partial charge in [-0.05, 0) is 35.4 Å². The topological polar surface area (TPSA) is 92.7 Å². The number of hydrogen-bond donors (Lipinski definition) is 2. The van der Waals surface area contributed by atoms with E-state index >= 15 is 0 Å². The fourth-order valence-corrected chi connectivity index (χ4v) is 4.74. The number of thiophene rings is 1. The summed E-state index contributed by atoms with van der Waals surface area (Å²) < 4.78 is 31.6. The Hall–Kier alpha value is -1.39. The van der Waals surface area contributed by atoms with Crippen molar-refractivity contribution < 1.29 is 23.1 Å². The summed E-state index contributed by atoms with van der Waals surface area (Å²) in [6, 6.07) is 8.53. The number of carbonyl (C=O) groups is 1. The summed E-state index contributed by atoms with van der Waals surface area (Å²) in [7, 11) is -2.73. The lowest BCUT2D eigenvalue weighted by molar-refractivity contribution is 0.0602. The number of carbonyl (C=O) groups excluding carboxylic acids is 1. The predicted octanol–water partition coefficient (Wildman–Crippen LogP) is 2.27. The summed E-state index contributed by atoms with van der Waals surface area (Å²) in [5.74, 6) is -0.710. The van der Waals surface area contributed by atoms with E-state index in [2.05, 4.69) is 9.46 Å². The maximum absolute atomic E-state index is 12.3. The van der Waals surface area contributed by atoms with Gasteiger partial charge in [0.1, 0.15) is 9.77 Å². The minimum atomic E-state index is -3.92. The van der Waals surface area contributed by atoms with Crippen molar-refractivity contribution in [1.82, 2.24) is 4.72 Å². The van der Waals surface area contributed by atoms with Crippen molar-refractivity contribution in [2.45, 2.75) is 15.9 Å². The monoisotopic (exact) mass is 387 g/mol. The first-order valence-electron chi connectivity index (χ1n) is 6.86. The molecule has 2 aromatic rings. The first-order valence-corrected chi connectivity index (χ1v) is 10.4. The molecule has 1 heterocycles. The number of methoxy groups -OCH3 is 1. The zero-order chi connectivity index (χ0) is 17.7. The molecule has 1 aromatic carbocycles. The Balaban J connectivity index is 2.09. The van der Waals surface area contributed by atoms with Crippen molar-refractivity contribution in [3.8, 4) is 0 Å². The summed E-state index contributed by atoms with van der Waals surface area (Å²) in [6.07, 6.45) is 0.954. The summed E-state index contributed by atoms with van der Waals surface area (Å²) >= 11 is 2.56. The molecule has 1 aromatic heterocycles. The highest BCUT2D eigenvalue weighted by Gasteiger charge is 2.25. The van der Waals surface area contributed by atoms with E-state index in [-0.39, 0.29) is 16.3 Å². The van der Waals surface area contributed by atoms with Gasteiger partial charge < -0.3 is 9.84 Å². The largest absolute Gasteiger partial charge is 0.465 e. The molecule has 0 amide bonds. The Morgan fingerprint density at radius 3 is 2.58 bits per heavy atom. The maximum Gasteiger partial charge on any atom is 0.349 e. The molecule has 130 valence electrons. The number of thioether (sulfide) groups is 1. The zero-order valence-electron chi connectivity index (χ0n) is 13.1. The molecule has 0 saturated heterocycles. The van der Waals surface area contributed by atoms with Crippen LogP contribution in [0.4, 0.5) is 0 Å². The van der Waals surface area contributed by atoms with Gasteiger partial charge in [-0.15, -0.1) is 23.1 Å². The molecule has 0 aliphatic heterocycles. The van der Waals surface area contributed by atoms with Gasteiger partial charge in [-0.1, -0.05) is 12.1 Å². The minimum absolute atomic E-state index is 0.00353. The molecule has 0 saturated carbocycles. The predicted molar refractivity (Wildman–Crippen MR) is 94.0 cm³/mol. The molecule has 9 heteroatoms. The van der Waals surface area contributed by atoms with Gasteiger partial charge in [0.2, 0.25) is 10.0 Å². The van der Waals surface area contributed by atoms with Gasteiger partial charge >= 0.3 is 5.97 Å². The minimum Gasteiger partial charge on any atom is -0.465 e.